The van der Waals surface area contributed by atoms with Crippen LogP contribution in [0.15, 0.2) is 0 Å². The number of carbonyl (C=O) groups is 2. The molecule has 0 N–H and O–H groups in total. The van der Waals surface area contributed by atoms with Crippen LogP contribution in [-0.4, -0.2) is 29.9 Å². The van der Waals surface area contributed by atoms with E-state index >= 15 is 0 Å². The summed E-state index contributed by atoms with van der Waals surface area (Å²) in [6.07, 6.45) is 3.29. The Morgan fingerprint density at radius 1 is 1.10 bits per heavy atom. The van der Waals surface area contributed by atoms with E-state index in [0.29, 0.717) is 18.8 Å². The van der Waals surface area contributed by atoms with E-state index < -0.39 is 16.8 Å². The highest BCUT2D eigenvalue weighted by Gasteiger charge is 2.55. The monoisotopic (exact) mass is 280 g/mol. The van der Waals surface area contributed by atoms with Gasteiger partial charge in [0, 0.05) is 30.4 Å². The summed E-state index contributed by atoms with van der Waals surface area (Å²) >= 11 is 0. The molecule has 2 fully saturated rings. The van der Waals surface area contributed by atoms with Crippen LogP contribution in [0.4, 0.5) is 0 Å². The number of carbonyl (C=O) groups excluding carboxylic acids is 2. The third-order valence-electron chi connectivity index (χ3n) is 6.07. The molecular weight excluding hydrogens is 254 g/mol. The second kappa shape index (κ2) is 5.05. The normalized spacial score (nSPS) is 34.2. The summed E-state index contributed by atoms with van der Waals surface area (Å²) in [5, 5.41) is 11.5. The van der Waals surface area contributed by atoms with Crippen molar-refractivity contribution in [2.45, 2.75) is 53.4 Å². The minimum atomic E-state index is -1.02. The summed E-state index contributed by atoms with van der Waals surface area (Å²) in [5.74, 6) is -0.389. The largest absolute Gasteiger partial charge is 0.550 e. The average molecular weight is 280 g/mol. The maximum atomic E-state index is 12.7. The molecule has 1 aliphatic carbocycles. The number of amides is 1. The Balaban J connectivity index is 2.14. The number of piperidine rings is 1. The average Bonchev–Trinajstić information content (AvgIpc) is 2.62. The molecule has 0 aromatic rings. The topological polar surface area (TPSA) is 60.4 Å². The van der Waals surface area contributed by atoms with Crippen molar-refractivity contribution in [3.05, 3.63) is 0 Å². The van der Waals surface area contributed by atoms with Crippen LogP contribution in [0.25, 0.3) is 0 Å². The maximum absolute atomic E-state index is 12.7. The molecule has 0 radical (unpaired) electrons. The smallest absolute Gasteiger partial charge is 0.226 e. The van der Waals surface area contributed by atoms with Crippen molar-refractivity contribution in [2.75, 3.05) is 13.1 Å². The molecule has 114 valence electrons. The van der Waals surface area contributed by atoms with Crippen LogP contribution >= 0.6 is 0 Å². The Morgan fingerprint density at radius 2 is 1.65 bits per heavy atom. The van der Waals surface area contributed by atoms with Gasteiger partial charge in [-0.15, -0.1) is 0 Å². The van der Waals surface area contributed by atoms with E-state index in [1.807, 2.05) is 18.7 Å². The summed E-state index contributed by atoms with van der Waals surface area (Å²) in [5.41, 5.74) is -1.46. The van der Waals surface area contributed by atoms with Crippen molar-refractivity contribution in [3.8, 4) is 0 Å². The lowest BCUT2D eigenvalue weighted by molar-refractivity contribution is -0.323. The van der Waals surface area contributed by atoms with Crippen molar-refractivity contribution in [2.24, 2.45) is 22.7 Å². The van der Waals surface area contributed by atoms with Crippen LogP contribution in [0.1, 0.15) is 53.4 Å². The van der Waals surface area contributed by atoms with Crippen molar-refractivity contribution in [1.29, 1.82) is 0 Å². The van der Waals surface area contributed by atoms with Crippen LogP contribution in [-0.2, 0) is 9.59 Å². The number of hydrogen-bond donors (Lipinski definition) is 0. The first kappa shape index (κ1) is 15.3. The quantitative estimate of drug-likeness (QED) is 0.769. The molecule has 0 aromatic carbocycles. The van der Waals surface area contributed by atoms with Gasteiger partial charge in [-0.25, -0.2) is 0 Å². The molecule has 0 bridgehead atoms. The van der Waals surface area contributed by atoms with Crippen molar-refractivity contribution < 1.29 is 14.7 Å². The van der Waals surface area contributed by atoms with Crippen LogP contribution in [0.5, 0.6) is 0 Å². The Hall–Kier alpha value is -1.06. The third kappa shape index (κ3) is 2.23. The number of rotatable bonds is 2. The van der Waals surface area contributed by atoms with Gasteiger partial charge in [0.1, 0.15) is 0 Å². The number of hydrogen-bond acceptors (Lipinski definition) is 3. The van der Waals surface area contributed by atoms with Crippen molar-refractivity contribution in [1.82, 2.24) is 4.90 Å². The predicted octanol–water partition coefficient (Wildman–Crippen LogP) is 1.44. The Labute approximate surface area is 121 Å². The summed E-state index contributed by atoms with van der Waals surface area (Å²) in [7, 11) is 0. The zero-order chi connectivity index (χ0) is 15.1. The molecule has 20 heavy (non-hydrogen) atoms. The van der Waals surface area contributed by atoms with Gasteiger partial charge in [-0.05, 0) is 37.0 Å². The molecule has 0 spiro atoms. The Morgan fingerprint density at radius 3 is 2.10 bits per heavy atom. The zero-order valence-electron chi connectivity index (χ0n) is 13.1. The zero-order valence-corrected chi connectivity index (χ0v) is 13.1. The fourth-order valence-corrected chi connectivity index (χ4v) is 3.75. The first-order valence-corrected chi connectivity index (χ1v) is 7.70. The molecule has 1 saturated heterocycles. The molecule has 2 atom stereocenters. The highest BCUT2D eigenvalue weighted by atomic mass is 16.4. The lowest BCUT2D eigenvalue weighted by Crippen LogP contribution is -2.51. The minimum absolute atomic E-state index is 0.145. The van der Waals surface area contributed by atoms with Crippen molar-refractivity contribution >= 4 is 11.9 Å². The molecule has 0 aromatic heterocycles. The summed E-state index contributed by atoms with van der Waals surface area (Å²) in [6.45, 7) is 9.39. The third-order valence-corrected chi connectivity index (χ3v) is 6.07. The first-order valence-electron chi connectivity index (χ1n) is 7.70. The van der Waals surface area contributed by atoms with Gasteiger partial charge in [-0.1, -0.05) is 27.7 Å². The SMILES string of the molecule is CC1CCN(C(=O)C2CCC(C)(C(=O)[O-])C2(C)C)CC1. The summed E-state index contributed by atoms with van der Waals surface area (Å²) in [6, 6.07) is 0. The van der Waals surface area contributed by atoms with Gasteiger partial charge in [0.2, 0.25) is 5.91 Å². The van der Waals surface area contributed by atoms with E-state index in [2.05, 4.69) is 6.92 Å². The van der Waals surface area contributed by atoms with Gasteiger partial charge in [0.05, 0.1) is 0 Å². The van der Waals surface area contributed by atoms with Gasteiger partial charge < -0.3 is 14.8 Å². The van der Waals surface area contributed by atoms with E-state index in [9.17, 15) is 14.7 Å². The van der Waals surface area contributed by atoms with E-state index in [1.165, 1.54) is 0 Å². The second-order valence-corrected chi connectivity index (χ2v) is 7.44. The molecule has 1 saturated carbocycles. The number of likely N-dealkylation sites (tertiary alicyclic amines) is 1. The maximum Gasteiger partial charge on any atom is 0.226 e. The molecule has 4 nitrogen and oxygen atoms in total. The molecule has 1 heterocycles. The summed E-state index contributed by atoms with van der Waals surface area (Å²) < 4.78 is 0. The molecule has 2 unspecified atom stereocenters. The fourth-order valence-electron chi connectivity index (χ4n) is 3.75. The Kier molecular flexibility index (Phi) is 3.87. The van der Waals surface area contributed by atoms with E-state index in [-0.39, 0.29) is 11.8 Å². The molecular formula is C16H26NO3-. The predicted molar refractivity (Wildman–Crippen MR) is 74.6 cm³/mol. The van der Waals surface area contributed by atoms with Crippen LogP contribution in [0.2, 0.25) is 0 Å². The van der Waals surface area contributed by atoms with Gasteiger partial charge in [0.25, 0.3) is 0 Å². The minimum Gasteiger partial charge on any atom is -0.550 e. The van der Waals surface area contributed by atoms with E-state index in [0.717, 1.165) is 25.9 Å². The first-order chi connectivity index (χ1) is 9.20. The molecule has 2 aliphatic rings. The lowest BCUT2D eigenvalue weighted by atomic mass is 9.65. The number of carboxylic acid groups (broad SMARTS) is 1. The number of carboxylic acids is 1. The van der Waals surface area contributed by atoms with E-state index in [1.54, 1.807) is 6.92 Å². The van der Waals surface area contributed by atoms with Gasteiger partial charge >= 0.3 is 0 Å². The van der Waals surface area contributed by atoms with Gasteiger partial charge in [-0.2, -0.15) is 0 Å². The standard InChI is InChI=1S/C16H27NO3/c1-11-6-9-17(10-7-11)13(18)12-5-8-16(4,14(19)20)15(12,2)3/h11-12H,5-10H2,1-4H3,(H,19,20)/p-1. The molecule has 4 heteroatoms. The lowest BCUT2D eigenvalue weighted by Gasteiger charge is -2.43. The molecule has 1 amide bonds. The highest BCUT2D eigenvalue weighted by Crippen LogP contribution is 2.56. The second-order valence-electron chi connectivity index (χ2n) is 7.44. The number of aliphatic carboxylic acids is 1. The van der Waals surface area contributed by atoms with Crippen LogP contribution in [0, 0.1) is 22.7 Å². The Bertz CT molecular complexity index is 410. The number of nitrogens with zero attached hydrogens (tertiary/aromatic N) is 1. The van der Waals surface area contributed by atoms with Gasteiger partial charge in [0.15, 0.2) is 0 Å². The fraction of sp³-hybridized carbons (Fsp3) is 0.875. The van der Waals surface area contributed by atoms with Crippen molar-refractivity contribution in [3.63, 3.8) is 0 Å². The highest BCUT2D eigenvalue weighted by molar-refractivity contribution is 5.83. The molecule has 1 aliphatic heterocycles. The van der Waals surface area contributed by atoms with Crippen LogP contribution < -0.4 is 5.11 Å². The summed E-state index contributed by atoms with van der Waals surface area (Å²) in [4.78, 5) is 26.2. The van der Waals surface area contributed by atoms with Gasteiger partial charge in [-0.3, -0.25) is 4.79 Å². The van der Waals surface area contributed by atoms with E-state index in [4.69, 9.17) is 0 Å². The van der Waals surface area contributed by atoms with Crippen LogP contribution in [0.3, 0.4) is 0 Å². The molecule has 2 rings (SSSR count).